The van der Waals surface area contributed by atoms with E-state index in [0.717, 1.165) is 5.69 Å². The summed E-state index contributed by atoms with van der Waals surface area (Å²) in [7, 11) is 0.670. The summed E-state index contributed by atoms with van der Waals surface area (Å²) in [5.74, 6) is -0.147. The first-order chi connectivity index (χ1) is 10.6. The Labute approximate surface area is 139 Å². The van der Waals surface area contributed by atoms with Crippen LogP contribution in [0.1, 0.15) is 30.6 Å². The van der Waals surface area contributed by atoms with Gasteiger partial charge in [0.2, 0.25) is 10.0 Å². The second kappa shape index (κ2) is 8.31. The zero-order valence-electron chi connectivity index (χ0n) is 14.5. The number of amides is 1. The number of anilines is 1. The van der Waals surface area contributed by atoms with Crippen LogP contribution in [0, 0.1) is 0 Å². The van der Waals surface area contributed by atoms with Gasteiger partial charge in [0.05, 0.1) is 6.26 Å². The summed E-state index contributed by atoms with van der Waals surface area (Å²) in [5.41, 5.74) is 1.63. The number of rotatable bonds is 8. The molecule has 130 valence electrons. The van der Waals surface area contributed by atoms with E-state index in [1.54, 1.807) is 12.1 Å². The molecule has 0 saturated heterocycles. The number of benzene rings is 1. The van der Waals surface area contributed by atoms with Gasteiger partial charge in [-0.15, -0.1) is 0 Å². The van der Waals surface area contributed by atoms with Crippen LogP contribution in [-0.4, -0.2) is 58.1 Å². The van der Waals surface area contributed by atoms with Crippen molar-refractivity contribution in [2.45, 2.75) is 26.3 Å². The fraction of sp³-hybridized carbons (Fsp3) is 0.562. The van der Waals surface area contributed by atoms with E-state index in [-0.39, 0.29) is 11.9 Å². The summed E-state index contributed by atoms with van der Waals surface area (Å²) >= 11 is 0. The Hall–Kier alpha value is -1.60. The third kappa shape index (κ3) is 6.19. The number of nitrogens with one attached hydrogen (secondary N) is 1. The van der Waals surface area contributed by atoms with Crippen LogP contribution in [-0.2, 0) is 10.0 Å². The van der Waals surface area contributed by atoms with Gasteiger partial charge in [-0.25, -0.2) is 8.42 Å². The maximum atomic E-state index is 12.0. The molecule has 0 spiro atoms. The number of nitrogens with zero attached hydrogens (tertiary/aromatic N) is 2. The van der Waals surface area contributed by atoms with Gasteiger partial charge in [0.15, 0.2) is 0 Å². The Morgan fingerprint density at radius 3 is 2.17 bits per heavy atom. The molecular weight excluding hydrogens is 314 g/mol. The van der Waals surface area contributed by atoms with Crippen molar-refractivity contribution in [3.05, 3.63) is 29.8 Å². The fourth-order valence-electron chi connectivity index (χ4n) is 2.26. The lowest BCUT2D eigenvalue weighted by atomic mass is 10.2. The Balaban J connectivity index is 2.47. The van der Waals surface area contributed by atoms with Crippen molar-refractivity contribution in [1.82, 2.24) is 9.62 Å². The fourth-order valence-corrected chi connectivity index (χ4v) is 3.48. The van der Waals surface area contributed by atoms with Crippen LogP contribution >= 0.6 is 0 Å². The lowest BCUT2D eigenvalue weighted by molar-refractivity contribution is 0.0952. The Kier molecular flexibility index (Phi) is 7.02. The van der Waals surface area contributed by atoms with E-state index in [1.807, 2.05) is 45.0 Å². The van der Waals surface area contributed by atoms with Gasteiger partial charge in [0, 0.05) is 44.5 Å². The molecule has 0 fully saturated rings. The normalized spacial score (nSPS) is 11.8. The maximum Gasteiger partial charge on any atom is 0.251 e. The van der Waals surface area contributed by atoms with Crippen LogP contribution in [0.3, 0.4) is 0 Å². The van der Waals surface area contributed by atoms with E-state index in [0.29, 0.717) is 25.1 Å². The van der Waals surface area contributed by atoms with Crippen LogP contribution < -0.4 is 10.2 Å². The van der Waals surface area contributed by atoms with Crippen molar-refractivity contribution in [3.8, 4) is 0 Å². The van der Waals surface area contributed by atoms with Crippen LogP contribution in [0.5, 0.6) is 0 Å². The molecule has 0 heterocycles. The number of hydrogen-bond donors (Lipinski definition) is 1. The van der Waals surface area contributed by atoms with Crippen molar-refractivity contribution in [2.24, 2.45) is 0 Å². The smallest absolute Gasteiger partial charge is 0.251 e. The zero-order valence-corrected chi connectivity index (χ0v) is 15.4. The van der Waals surface area contributed by atoms with Crippen molar-refractivity contribution >= 4 is 21.6 Å². The van der Waals surface area contributed by atoms with Gasteiger partial charge < -0.3 is 10.2 Å². The van der Waals surface area contributed by atoms with Gasteiger partial charge >= 0.3 is 0 Å². The maximum absolute atomic E-state index is 12.0. The highest BCUT2D eigenvalue weighted by Crippen LogP contribution is 2.12. The molecule has 1 amide bonds. The average molecular weight is 341 g/mol. The topological polar surface area (TPSA) is 69.7 Å². The molecule has 0 aromatic heterocycles. The van der Waals surface area contributed by atoms with Gasteiger partial charge in [0.25, 0.3) is 5.91 Å². The van der Waals surface area contributed by atoms with Crippen molar-refractivity contribution < 1.29 is 13.2 Å². The van der Waals surface area contributed by atoms with E-state index in [4.69, 9.17) is 0 Å². The Bertz CT molecular complexity index is 610. The molecule has 0 radical (unpaired) electrons. The minimum Gasteiger partial charge on any atom is -0.378 e. The third-order valence-corrected chi connectivity index (χ3v) is 4.94. The number of sulfonamides is 1. The molecule has 0 aliphatic heterocycles. The molecule has 23 heavy (non-hydrogen) atoms. The summed E-state index contributed by atoms with van der Waals surface area (Å²) in [5, 5.41) is 2.82. The standard InChI is InChI=1S/C16H27N3O3S/c1-13(2)19(23(5,21)22)12-6-11-17-16(20)14-7-9-15(10-8-14)18(3)4/h7-10,13H,6,11-12H2,1-5H3,(H,17,20). The van der Waals surface area contributed by atoms with Gasteiger partial charge in [-0.05, 0) is 44.5 Å². The van der Waals surface area contributed by atoms with E-state index in [1.165, 1.54) is 10.6 Å². The molecule has 0 aliphatic carbocycles. The number of hydrogen-bond acceptors (Lipinski definition) is 4. The van der Waals surface area contributed by atoms with Crippen molar-refractivity contribution in [1.29, 1.82) is 0 Å². The first kappa shape index (κ1) is 19.4. The molecule has 0 aliphatic rings. The Morgan fingerprint density at radius 2 is 1.74 bits per heavy atom. The molecule has 0 unspecified atom stereocenters. The summed E-state index contributed by atoms with van der Waals surface area (Å²) in [4.78, 5) is 14.0. The van der Waals surface area contributed by atoms with Crippen LogP contribution in [0.25, 0.3) is 0 Å². The molecular formula is C16H27N3O3S. The van der Waals surface area contributed by atoms with E-state index >= 15 is 0 Å². The minimum absolute atomic E-state index is 0.0840. The highest BCUT2D eigenvalue weighted by Gasteiger charge is 2.19. The van der Waals surface area contributed by atoms with E-state index < -0.39 is 10.0 Å². The lowest BCUT2D eigenvalue weighted by Gasteiger charge is -2.23. The van der Waals surface area contributed by atoms with Crippen molar-refractivity contribution in [2.75, 3.05) is 38.3 Å². The first-order valence-corrected chi connectivity index (χ1v) is 9.50. The summed E-state index contributed by atoms with van der Waals surface area (Å²) in [6.07, 6.45) is 1.78. The molecule has 0 bridgehead atoms. The van der Waals surface area contributed by atoms with E-state index in [9.17, 15) is 13.2 Å². The van der Waals surface area contributed by atoms with Gasteiger partial charge in [-0.2, -0.15) is 4.31 Å². The molecule has 0 atom stereocenters. The predicted molar refractivity (Wildman–Crippen MR) is 94.4 cm³/mol. The highest BCUT2D eigenvalue weighted by atomic mass is 32.2. The van der Waals surface area contributed by atoms with Gasteiger partial charge in [0.1, 0.15) is 0 Å². The first-order valence-electron chi connectivity index (χ1n) is 7.65. The quantitative estimate of drug-likeness (QED) is 0.728. The molecule has 1 aromatic rings. The summed E-state index contributed by atoms with van der Waals surface area (Å²) in [6.45, 7) is 4.52. The van der Waals surface area contributed by atoms with Gasteiger partial charge in [-0.1, -0.05) is 0 Å². The molecule has 1 aromatic carbocycles. The Morgan fingerprint density at radius 1 is 1.17 bits per heavy atom. The van der Waals surface area contributed by atoms with E-state index in [2.05, 4.69) is 5.32 Å². The zero-order chi connectivity index (χ0) is 17.6. The molecule has 1 rings (SSSR count). The number of carbonyl (C=O) groups excluding carboxylic acids is 1. The second-order valence-electron chi connectivity index (χ2n) is 6.02. The average Bonchev–Trinajstić information content (AvgIpc) is 2.45. The van der Waals surface area contributed by atoms with Crippen molar-refractivity contribution in [3.63, 3.8) is 0 Å². The second-order valence-corrected chi connectivity index (χ2v) is 7.95. The molecule has 1 N–H and O–H groups in total. The number of carbonyl (C=O) groups is 1. The molecule has 6 nitrogen and oxygen atoms in total. The monoisotopic (exact) mass is 341 g/mol. The van der Waals surface area contributed by atoms with Gasteiger partial charge in [-0.3, -0.25) is 4.79 Å². The minimum atomic E-state index is -3.21. The predicted octanol–water partition coefficient (Wildman–Crippen LogP) is 1.54. The SMILES string of the molecule is CC(C)N(CCCNC(=O)c1ccc(N(C)C)cc1)S(C)(=O)=O. The van der Waals surface area contributed by atoms with Crippen LogP contribution in [0.2, 0.25) is 0 Å². The van der Waals surface area contributed by atoms with Crippen LogP contribution in [0.15, 0.2) is 24.3 Å². The third-order valence-electron chi connectivity index (χ3n) is 3.49. The summed E-state index contributed by atoms with van der Waals surface area (Å²) < 4.78 is 24.7. The summed E-state index contributed by atoms with van der Waals surface area (Å²) in [6, 6.07) is 7.25. The molecule has 7 heteroatoms. The highest BCUT2D eigenvalue weighted by molar-refractivity contribution is 7.88. The lowest BCUT2D eigenvalue weighted by Crippen LogP contribution is -2.38. The molecule has 0 saturated carbocycles. The largest absolute Gasteiger partial charge is 0.378 e. The van der Waals surface area contributed by atoms with Crippen LogP contribution in [0.4, 0.5) is 5.69 Å².